The average Bonchev–Trinajstić information content (AvgIpc) is 2.54. The molecule has 6 heteroatoms. The van der Waals surface area contributed by atoms with Gasteiger partial charge in [-0.05, 0) is 24.5 Å². The number of methoxy groups -OCH3 is 1. The number of rotatable bonds is 6. The molecule has 1 amide bonds. The van der Waals surface area contributed by atoms with Gasteiger partial charge >= 0.3 is 0 Å². The second-order valence-electron chi connectivity index (χ2n) is 4.78. The molecule has 0 aliphatic carbocycles. The molecule has 2 rings (SSSR count). The van der Waals surface area contributed by atoms with Gasteiger partial charge in [0.15, 0.2) is 5.96 Å². The van der Waals surface area contributed by atoms with Crippen LogP contribution in [-0.2, 0) is 11.2 Å². The number of amides is 1. The second-order valence-corrected chi connectivity index (χ2v) is 4.78. The SMILES string of the molecule is COc1ccccc1CCNC(=O)CNC1=NCCCN1. The minimum Gasteiger partial charge on any atom is -0.496 e. The number of aliphatic imine (C=N–C) groups is 1. The number of nitrogens with zero attached hydrogens (tertiary/aromatic N) is 1. The summed E-state index contributed by atoms with van der Waals surface area (Å²) in [6.07, 6.45) is 1.78. The zero-order valence-corrected chi connectivity index (χ0v) is 12.3. The summed E-state index contributed by atoms with van der Waals surface area (Å²) in [5, 5.41) is 8.99. The molecule has 21 heavy (non-hydrogen) atoms. The van der Waals surface area contributed by atoms with Crippen molar-refractivity contribution < 1.29 is 9.53 Å². The van der Waals surface area contributed by atoms with Crippen LogP contribution in [0.15, 0.2) is 29.3 Å². The molecule has 6 nitrogen and oxygen atoms in total. The second kappa shape index (κ2) is 8.14. The Morgan fingerprint density at radius 3 is 3.05 bits per heavy atom. The lowest BCUT2D eigenvalue weighted by Crippen LogP contribution is -2.45. The highest BCUT2D eigenvalue weighted by Crippen LogP contribution is 2.17. The van der Waals surface area contributed by atoms with Gasteiger partial charge in [0.25, 0.3) is 0 Å². The maximum Gasteiger partial charge on any atom is 0.239 e. The van der Waals surface area contributed by atoms with Crippen LogP contribution in [-0.4, -0.2) is 45.2 Å². The Labute approximate surface area is 125 Å². The van der Waals surface area contributed by atoms with Gasteiger partial charge in [0.1, 0.15) is 5.75 Å². The van der Waals surface area contributed by atoms with Crippen LogP contribution in [0, 0.1) is 0 Å². The lowest BCUT2D eigenvalue weighted by molar-refractivity contribution is -0.119. The fourth-order valence-electron chi connectivity index (χ4n) is 2.12. The maximum atomic E-state index is 11.7. The number of carbonyl (C=O) groups excluding carboxylic acids is 1. The summed E-state index contributed by atoms with van der Waals surface area (Å²) in [4.78, 5) is 16.0. The molecule has 1 aromatic rings. The summed E-state index contributed by atoms with van der Waals surface area (Å²) >= 11 is 0. The summed E-state index contributed by atoms with van der Waals surface area (Å²) in [5.41, 5.74) is 1.09. The zero-order chi connectivity index (χ0) is 14.9. The van der Waals surface area contributed by atoms with Crippen molar-refractivity contribution in [1.29, 1.82) is 0 Å². The van der Waals surface area contributed by atoms with Gasteiger partial charge in [-0.25, -0.2) is 0 Å². The molecule has 1 aliphatic rings. The van der Waals surface area contributed by atoms with Gasteiger partial charge < -0.3 is 20.7 Å². The highest BCUT2D eigenvalue weighted by Gasteiger charge is 2.07. The van der Waals surface area contributed by atoms with Crippen molar-refractivity contribution in [2.45, 2.75) is 12.8 Å². The Kier molecular flexibility index (Phi) is 5.87. The van der Waals surface area contributed by atoms with Crippen molar-refractivity contribution in [3.8, 4) is 5.75 Å². The van der Waals surface area contributed by atoms with Crippen LogP contribution in [0.25, 0.3) is 0 Å². The van der Waals surface area contributed by atoms with Gasteiger partial charge in [0.05, 0.1) is 13.7 Å². The third kappa shape index (κ3) is 4.98. The van der Waals surface area contributed by atoms with Crippen LogP contribution in [0.5, 0.6) is 5.75 Å². The van der Waals surface area contributed by atoms with E-state index in [1.54, 1.807) is 7.11 Å². The van der Waals surface area contributed by atoms with Gasteiger partial charge in [-0.2, -0.15) is 0 Å². The number of carbonyl (C=O) groups is 1. The number of hydrogen-bond acceptors (Lipinski definition) is 5. The molecular weight excluding hydrogens is 268 g/mol. The first-order valence-electron chi connectivity index (χ1n) is 7.20. The van der Waals surface area contributed by atoms with E-state index in [-0.39, 0.29) is 12.5 Å². The number of hydrogen-bond donors (Lipinski definition) is 3. The van der Waals surface area contributed by atoms with E-state index in [2.05, 4.69) is 20.9 Å². The van der Waals surface area contributed by atoms with Gasteiger partial charge in [-0.1, -0.05) is 18.2 Å². The number of guanidine groups is 1. The topological polar surface area (TPSA) is 74.8 Å². The van der Waals surface area contributed by atoms with E-state index in [1.807, 2.05) is 24.3 Å². The van der Waals surface area contributed by atoms with Gasteiger partial charge in [0, 0.05) is 19.6 Å². The third-order valence-electron chi connectivity index (χ3n) is 3.22. The van der Waals surface area contributed by atoms with E-state index in [1.165, 1.54) is 0 Å². The zero-order valence-electron chi connectivity index (χ0n) is 12.3. The Balaban J connectivity index is 1.68. The number of nitrogens with one attached hydrogen (secondary N) is 3. The summed E-state index contributed by atoms with van der Waals surface area (Å²) in [6, 6.07) is 7.83. The fraction of sp³-hybridized carbons (Fsp3) is 0.467. The molecule has 0 saturated heterocycles. The van der Waals surface area contributed by atoms with Crippen molar-refractivity contribution in [1.82, 2.24) is 16.0 Å². The highest BCUT2D eigenvalue weighted by molar-refractivity contribution is 5.86. The van der Waals surface area contributed by atoms with Crippen LogP contribution in [0.3, 0.4) is 0 Å². The Bertz CT molecular complexity index is 502. The summed E-state index contributed by atoms with van der Waals surface area (Å²) in [5.74, 6) is 1.52. The quantitative estimate of drug-likeness (QED) is 0.704. The van der Waals surface area contributed by atoms with E-state index < -0.39 is 0 Å². The van der Waals surface area contributed by atoms with E-state index in [4.69, 9.17) is 4.74 Å². The van der Waals surface area contributed by atoms with Gasteiger partial charge in [-0.3, -0.25) is 9.79 Å². The van der Waals surface area contributed by atoms with Crippen LogP contribution >= 0.6 is 0 Å². The molecule has 0 bridgehead atoms. The molecule has 1 heterocycles. The van der Waals surface area contributed by atoms with Crippen LogP contribution < -0.4 is 20.7 Å². The molecule has 3 N–H and O–H groups in total. The molecule has 0 radical (unpaired) electrons. The molecule has 0 aromatic heterocycles. The molecule has 1 aliphatic heterocycles. The van der Waals surface area contributed by atoms with E-state index in [0.29, 0.717) is 12.5 Å². The molecule has 0 saturated carbocycles. The summed E-state index contributed by atoms with van der Waals surface area (Å²) in [7, 11) is 1.65. The number of ether oxygens (including phenoxy) is 1. The minimum absolute atomic E-state index is 0.0417. The number of para-hydroxylation sites is 1. The van der Waals surface area contributed by atoms with Crippen LogP contribution in [0.1, 0.15) is 12.0 Å². The molecule has 0 atom stereocenters. The molecule has 0 fully saturated rings. The molecule has 0 spiro atoms. The largest absolute Gasteiger partial charge is 0.496 e. The normalized spacial score (nSPS) is 13.9. The lowest BCUT2D eigenvalue weighted by atomic mass is 10.1. The smallest absolute Gasteiger partial charge is 0.239 e. The monoisotopic (exact) mass is 290 g/mol. The average molecular weight is 290 g/mol. The Morgan fingerprint density at radius 2 is 2.29 bits per heavy atom. The molecule has 1 aromatic carbocycles. The van der Waals surface area contributed by atoms with Crippen molar-refractivity contribution in [2.75, 3.05) is 33.3 Å². The molecule has 0 unspecified atom stereocenters. The molecular formula is C15H22N4O2. The fourth-order valence-corrected chi connectivity index (χ4v) is 2.12. The minimum atomic E-state index is -0.0417. The lowest BCUT2D eigenvalue weighted by Gasteiger charge is -2.15. The predicted molar refractivity (Wildman–Crippen MR) is 82.6 cm³/mol. The van der Waals surface area contributed by atoms with E-state index >= 15 is 0 Å². The van der Waals surface area contributed by atoms with Crippen LogP contribution in [0.2, 0.25) is 0 Å². The van der Waals surface area contributed by atoms with E-state index in [9.17, 15) is 4.79 Å². The van der Waals surface area contributed by atoms with Crippen molar-refractivity contribution >= 4 is 11.9 Å². The van der Waals surface area contributed by atoms with Crippen LogP contribution in [0.4, 0.5) is 0 Å². The first-order valence-corrected chi connectivity index (χ1v) is 7.20. The first-order chi connectivity index (χ1) is 10.3. The number of benzene rings is 1. The third-order valence-corrected chi connectivity index (χ3v) is 3.22. The molecule has 114 valence electrons. The first kappa shape index (κ1) is 15.2. The predicted octanol–water partition coefficient (Wildman–Crippen LogP) is 0.293. The summed E-state index contributed by atoms with van der Waals surface area (Å²) in [6.45, 7) is 2.53. The van der Waals surface area contributed by atoms with Gasteiger partial charge in [-0.15, -0.1) is 0 Å². The Morgan fingerprint density at radius 1 is 1.43 bits per heavy atom. The maximum absolute atomic E-state index is 11.7. The van der Waals surface area contributed by atoms with Gasteiger partial charge in [0.2, 0.25) is 5.91 Å². The van der Waals surface area contributed by atoms with Crippen molar-refractivity contribution in [2.24, 2.45) is 4.99 Å². The Hall–Kier alpha value is -2.24. The van der Waals surface area contributed by atoms with Crippen molar-refractivity contribution in [3.63, 3.8) is 0 Å². The standard InChI is InChI=1S/C15H22N4O2/c1-21-13-6-3-2-5-12(13)7-10-16-14(20)11-19-15-17-8-4-9-18-15/h2-3,5-6H,4,7-11H2,1H3,(H,16,20)(H2,17,18,19). The highest BCUT2D eigenvalue weighted by atomic mass is 16.5. The van der Waals surface area contributed by atoms with E-state index in [0.717, 1.165) is 37.2 Å². The summed E-state index contributed by atoms with van der Waals surface area (Å²) < 4.78 is 5.28. The van der Waals surface area contributed by atoms with Crippen molar-refractivity contribution in [3.05, 3.63) is 29.8 Å².